The molecule has 1 aromatic carbocycles. The molecule has 0 unspecified atom stereocenters. The van der Waals surface area contributed by atoms with E-state index in [1.165, 1.54) is 13.2 Å². The monoisotopic (exact) mass is 200 g/mol. The van der Waals surface area contributed by atoms with Crippen LogP contribution in [0.1, 0.15) is 5.56 Å². The largest absolute Gasteiger partial charge is 0.616 e. The van der Waals surface area contributed by atoms with Crippen molar-refractivity contribution < 1.29 is 9.47 Å². The van der Waals surface area contributed by atoms with Crippen molar-refractivity contribution in [1.82, 2.24) is 0 Å². The Kier molecular flexibility index (Phi) is 2.14. The van der Waals surface area contributed by atoms with E-state index in [9.17, 15) is 5.21 Å². The van der Waals surface area contributed by atoms with Crippen LogP contribution in [0.25, 0.3) is 10.9 Å². The minimum Gasteiger partial charge on any atom is -0.616 e. The van der Waals surface area contributed by atoms with Crippen molar-refractivity contribution >= 4 is 10.9 Å². The van der Waals surface area contributed by atoms with E-state index in [2.05, 4.69) is 0 Å². The Hall–Kier alpha value is -2.28. The van der Waals surface area contributed by atoms with Crippen molar-refractivity contribution in [2.24, 2.45) is 0 Å². The smallest absolute Gasteiger partial charge is 0.381 e. The molecule has 4 nitrogen and oxygen atoms in total. The van der Waals surface area contributed by atoms with Crippen LogP contribution >= 0.6 is 0 Å². The summed E-state index contributed by atoms with van der Waals surface area (Å²) in [6.45, 7) is 0. The molecule has 4 heteroatoms. The second-order valence-corrected chi connectivity index (χ2v) is 3.02. The Morgan fingerprint density at radius 3 is 2.80 bits per heavy atom. The summed E-state index contributed by atoms with van der Waals surface area (Å²) in [5.41, 5.74) is 0.878. The second kappa shape index (κ2) is 3.46. The molecule has 0 bridgehead atoms. The Morgan fingerprint density at radius 1 is 1.40 bits per heavy atom. The number of aromatic nitrogens is 1. The summed E-state index contributed by atoms with van der Waals surface area (Å²) in [4.78, 5) is 0. The third kappa shape index (κ3) is 1.34. The molecule has 0 radical (unpaired) electrons. The topological polar surface area (TPSA) is 60.0 Å². The lowest BCUT2D eigenvalue weighted by Crippen LogP contribution is -2.29. The van der Waals surface area contributed by atoms with Crippen molar-refractivity contribution in [2.45, 2.75) is 0 Å². The summed E-state index contributed by atoms with van der Waals surface area (Å²) in [6, 6.07) is 10.4. The number of hydrogen-bond donors (Lipinski definition) is 0. The van der Waals surface area contributed by atoms with Crippen LogP contribution in [0, 0.1) is 16.5 Å². The molecule has 0 amide bonds. The van der Waals surface area contributed by atoms with Crippen LogP contribution in [0.3, 0.4) is 0 Å². The van der Waals surface area contributed by atoms with Crippen LogP contribution < -0.4 is 9.47 Å². The van der Waals surface area contributed by atoms with Crippen LogP contribution in [-0.4, -0.2) is 7.11 Å². The van der Waals surface area contributed by atoms with Gasteiger partial charge in [-0.25, -0.2) is 0 Å². The molecule has 1 aromatic heterocycles. The Balaban J connectivity index is 2.92. The van der Waals surface area contributed by atoms with Gasteiger partial charge >= 0.3 is 5.88 Å². The van der Waals surface area contributed by atoms with Gasteiger partial charge in [-0.1, -0.05) is 12.1 Å². The fourth-order valence-corrected chi connectivity index (χ4v) is 1.49. The Bertz CT molecular complexity index is 558. The maximum absolute atomic E-state index is 11.7. The summed E-state index contributed by atoms with van der Waals surface area (Å²) < 4.78 is 5.57. The third-order valence-electron chi connectivity index (χ3n) is 2.21. The maximum atomic E-state index is 11.7. The van der Waals surface area contributed by atoms with Crippen LogP contribution in [0.4, 0.5) is 0 Å². The van der Waals surface area contributed by atoms with Gasteiger partial charge in [0, 0.05) is 6.07 Å². The molecule has 0 N–H and O–H groups in total. The van der Waals surface area contributed by atoms with Gasteiger partial charge in [-0.2, -0.15) is 5.26 Å². The molecule has 0 spiro atoms. The molecule has 74 valence electrons. The van der Waals surface area contributed by atoms with Crippen molar-refractivity contribution in [3.05, 3.63) is 41.1 Å². The van der Waals surface area contributed by atoms with Crippen molar-refractivity contribution in [2.75, 3.05) is 7.11 Å². The number of benzene rings is 1. The van der Waals surface area contributed by atoms with Gasteiger partial charge < -0.3 is 9.94 Å². The first-order valence-corrected chi connectivity index (χ1v) is 4.37. The lowest BCUT2D eigenvalue weighted by atomic mass is 10.1. The van der Waals surface area contributed by atoms with Crippen LogP contribution in [-0.2, 0) is 0 Å². The lowest BCUT2D eigenvalue weighted by Gasteiger charge is -2.06. The number of pyridine rings is 1. The van der Waals surface area contributed by atoms with Gasteiger partial charge in [0.15, 0.2) is 0 Å². The Morgan fingerprint density at radius 2 is 2.13 bits per heavy atom. The number of nitriles is 1. The van der Waals surface area contributed by atoms with Gasteiger partial charge in [-0.3, -0.25) is 0 Å². The van der Waals surface area contributed by atoms with E-state index in [1.54, 1.807) is 24.3 Å². The first kappa shape index (κ1) is 9.28. The highest BCUT2D eigenvalue weighted by molar-refractivity contribution is 5.82. The first-order chi connectivity index (χ1) is 7.27. The van der Waals surface area contributed by atoms with Crippen molar-refractivity contribution in [3.63, 3.8) is 0 Å². The number of fused-ring (bicyclic) bond motifs is 1. The van der Waals surface area contributed by atoms with Crippen LogP contribution in [0.5, 0.6) is 5.88 Å². The molecule has 2 aromatic rings. The van der Waals surface area contributed by atoms with Gasteiger partial charge in [0.2, 0.25) is 5.52 Å². The highest BCUT2D eigenvalue weighted by Crippen LogP contribution is 2.18. The van der Waals surface area contributed by atoms with Gasteiger partial charge in [0.1, 0.15) is 6.07 Å². The number of nitrogens with zero attached hydrogens (tertiary/aromatic N) is 2. The molecular formula is C11H8N2O2. The van der Waals surface area contributed by atoms with E-state index in [-0.39, 0.29) is 5.88 Å². The molecule has 0 atom stereocenters. The van der Waals surface area contributed by atoms with E-state index in [0.717, 1.165) is 0 Å². The highest BCUT2D eigenvalue weighted by atomic mass is 16.5. The third-order valence-corrected chi connectivity index (χ3v) is 2.21. The fourth-order valence-electron chi connectivity index (χ4n) is 1.49. The minimum absolute atomic E-state index is 0.130. The summed E-state index contributed by atoms with van der Waals surface area (Å²) in [7, 11) is 1.40. The second-order valence-electron chi connectivity index (χ2n) is 3.02. The molecular weight excluding hydrogens is 192 g/mol. The van der Waals surface area contributed by atoms with Gasteiger partial charge in [-0.05, 0) is 6.07 Å². The SMILES string of the molecule is COc1cc(C#N)c2ccccc2[n+]1[O-]. The van der Waals surface area contributed by atoms with Gasteiger partial charge in [0.05, 0.1) is 24.1 Å². The molecule has 0 aliphatic heterocycles. The summed E-state index contributed by atoms with van der Waals surface area (Å²) in [5.74, 6) is 0.130. The van der Waals surface area contributed by atoms with E-state index < -0.39 is 0 Å². The molecule has 0 saturated heterocycles. The average molecular weight is 200 g/mol. The quantitative estimate of drug-likeness (QED) is 0.515. The molecule has 0 fully saturated rings. The summed E-state index contributed by atoms with van der Waals surface area (Å²) in [5, 5.41) is 21.3. The summed E-state index contributed by atoms with van der Waals surface area (Å²) >= 11 is 0. The zero-order valence-corrected chi connectivity index (χ0v) is 8.10. The van der Waals surface area contributed by atoms with Crippen molar-refractivity contribution in [1.29, 1.82) is 5.26 Å². The molecule has 0 aliphatic carbocycles. The standard InChI is InChI=1S/C11H8N2O2/c1-15-11-6-8(7-12)9-4-2-3-5-10(9)13(11)14/h2-6H,1H3. The molecule has 15 heavy (non-hydrogen) atoms. The zero-order valence-electron chi connectivity index (χ0n) is 8.10. The molecule has 0 saturated carbocycles. The number of methoxy groups -OCH3 is 1. The summed E-state index contributed by atoms with van der Waals surface area (Å²) in [6.07, 6.45) is 0. The lowest BCUT2D eigenvalue weighted by molar-refractivity contribution is -0.584. The molecule has 1 heterocycles. The van der Waals surface area contributed by atoms with E-state index in [4.69, 9.17) is 10.00 Å². The zero-order chi connectivity index (χ0) is 10.8. The van der Waals surface area contributed by atoms with Crippen LogP contribution in [0.15, 0.2) is 30.3 Å². The average Bonchev–Trinajstić information content (AvgIpc) is 2.30. The normalized spacial score (nSPS) is 9.87. The predicted molar refractivity (Wildman–Crippen MR) is 54.2 cm³/mol. The fraction of sp³-hybridized carbons (Fsp3) is 0.0909. The van der Waals surface area contributed by atoms with E-state index >= 15 is 0 Å². The molecule has 0 aliphatic rings. The van der Waals surface area contributed by atoms with Crippen molar-refractivity contribution in [3.8, 4) is 11.9 Å². The van der Waals surface area contributed by atoms with Gasteiger partial charge in [-0.15, -0.1) is 4.73 Å². The number of rotatable bonds is 1. The maximum Gasteiger partial charge on any atom is 0.381 e. The van der Waals surface area contributed by atoms with Gasteiger partial charge in [0.25, 0.3) is 0 Å². The minimum atomic E-state index is 0.130. The predicted octanol–water partition coefficient (Wildman–Crippen LogP) is 1.35. The first-order valence-electron chi connectivity index (χ1n) is 4.37. The highest BCUT2D eigenvalue weighted by Gasteiger charge is 2.14. The van der Waals surface area contributed by atoms with E-state index in [0.29, 0.717) is 21.2 Å². The number of para-hydroxylation sites is 1. The molecule has 2 rings (SSSR count). The number of ether oxygens (including phenoxy) is 1. The number of hydrogen-bond acceptors (Lipinski definition) is 3. The van der Waals surface area contributed by atoms with E-state index in [1.807, 2.05) is 6.07 Å². The van der Waals surface area contributed by atoms with Crippen LogP contribution in [0.2, 0.25) is 0 Å². The Labute approximate surface area is 86.5 Å².